The fourth-order valence-electron chi connectivity index (χ4n) is 2.27. The van der Waals surface area contributed by atoms with Crippen molar-refractivity contribution in [1.82, 2.24) is 4.98 Å². The molecule has 0 saturated heterocycles. The Labute approximate surface area is 138 Å². The smallest absolute Gasteiger partial charge is 0.346 e. The molecule has 0 fully saturated rings. The monoisotopic (exact) mass is 325 g/mol. The van der Waals surface area contributed by atoms with Gasteiger partial charge in [0.15, 0.2) is 11.9 Å². The second-order valence-electron chi connectivity index (χ2n) is 5.16. The van der Waals surface area contributed by atoms with E-state index >= 15 is 0 Å². The number of methoxy groups -OCH3 is 1. The molecular formula is C18H15NO5. The van der Waals surface area contributed by atoms with Crippen LogP contribution in [0.5, 0.6) is 11.5 Å². The van der Waals surface area contributed by atoms with Gasteiger partial charge in [0, 0.05) is 18.5 Å². The van der Waals surface area contributed by atoms with E-state index in [0.717, 1.165) is 5.56 Å². The lowest BCUT2D eigenvalue weighted by Crippen LogP contribution is -2.24. The fourth-order valence-corrected chi connectivity index (χ4v) is 2.27. The van der Waals surface area contributed by atoms with Crippen molar-refractivity contribution in [2.75, 3.05) is 7.11 Å². The van der Waals surface area contributed by atoms with E-state index in [2.05, 4.69) is 9.72 Å². The number of ether oxygens (including phenoxy) is 3. The Morgan fingerprint density at radius 3 is 2.71 bits per heavy atom. The third-order valence-electron chi connectivity index (χ3n) is 3.49. The molecule has 0 bridgehead atoms. The molecule has 0 radical (unpaired) electrons. The van der Waals surface area contributed by atoms with Gasteiger partial charge in [0.05, 0.1) is 12.7 Å². The van der Waals surface area contributed by atoms with Gasteiger partial charge in [-0.3, -0.25) is 9.78 Å². The number of ketones is 1. The van der Waals surface area contributed by atoms with E-state index in [-0.39, 0.29) is 11.5 Å². The Balaban J connectivity index is 1.82. The average Bonchev–Trinajstić information content (AvgIpc) is 2.90. The molecule has 24 heavy (non-hydrogen) atoms. The molecule has 6 nitrogen and oxygen atoms in total. The number of carbonyl (C=O) groups excluding carboxylic acids is 2. The van der Waals surface area contributed by atoms with Crippen LogP contribution in [0.15, 0.2) is 48.5 Å². The van der Waals surface area contributed by atoms with Gasteiger partial charge in [0.1, 0.15) is 11.5 Å². The van der Waals surface area contributed by atoms with Crippen LogP contribution in [0, 0.1) is 0 Å². The Morgan fingerprint density at radius 2 is 2.00 bits per heavy atom. The van der Waals surface area contributed by atoms with Crippen molar-refractivity contribution in [3.63, 3.8) is 0 Å². The number of nitrogens with zero attached hydrogens (tertiary/aromatic N) is 1. The topological polar surface area (TPSA) is 74.7 Å². The molecule has 0 aliphatic carbocycles. The molecule has 0 spiro atoms. The molecule has 1 aromatic heterocycles. The quantitative estimate of drug-likeness (QED) is 0.635. The van der Waals surface area contributed by atoms with Crippen molar-refractivity contribution < 1.29 is 23.8 Å². The molecule has 1 aliphatic rings. The normalized spacial score (nSPS) is 15.6. The van der Waals surface area contributed by atoms with Gasteiger partial charge in [-0.15, -0.1) is 0 Å². The molecule has 1 unspecified atom stereocenters. The fraction of sp³-hybridized carbons (Fsp3) is 0.167. The zero-order valence-electron chi connectivity index (χ0n) is 13.2. The Morgan fingerprint density at radius 1 is 1.25 bits per heavy atom. The van der Waals surface area contributed by atoms with Crippen LogP contribution in [0.25, 0.3) is 6.08 Å². The summed E-state index contributed by atoms with van der Waals surface area (Å²) in [6.07, 6.45) is 4.18. The Bertz CT molecular complexity index is 813. The first kappa shape index (κ1) is 15.7. The van der Waals surface area contributed by atoms with E-state index in [9.17, 15) is 9.59 Å². The van der Waals surface area contributed by atoms with Crippen LogP contribution < -0.4 is 9.47 Å². The van der Waals surface area contributed by atoms with Crippen LogP contribution in [-0.2, 0) is 9.53 Å². The first-order valence-corrected chi connectivity index (χ1v) is 7.31. The molecule has 0 saturated carbocycles. The van der Waals surface area contributed by atoms with Gasteiger partial charge >= 0.3 is 5.97 Å². The van der Waals surface area contributed by atoms with Crippen LogP contribution in [0.2, 0.25) is 0 Å². The zero-order valence-corrected chi connectivity index (χ0v) is 13.2. The number of rotatable bonds is 4. The third kappa shape index (κ3) is 3.12. The number of fused-ring (bicyclic) bond motifs is 1. The highest BCUT2D eigenvalue weighted by Gasteiger charge is 2.28. The van der Waals surface area contributed by atoms with Gasteiger partial charge in [-0.05, 0) is 42.8 Å². The lowest BCUT2D eigenvalue weighted by atomic mass is 10.1. The van der Waals surface area contributed by atoms with Gasteiger partial charge in [-0.2, -0.15) is 0 Å². The second kappa shape index (κ2) is 6.54. The molecule has 1 aliphatic heterocycles. The average molecular weight is 325 g/mol. The minimum absolute atomic E-state index is 0.200. The first-order valence-electron chi connectivity index (χ1n) is 7.31. The van der Waals surface area contributed by atoms with Gasteiger partial charge < -0.3 is 14.2 Å². The van der Waals surface area contributed by atoms with Crippen LogP contribution >= 0.6 is 0 Å². The molecule has 3 rings (SSSR count). The van der Waals surface area contributed by atoms with Crippen molar-refractivity contribution in [1.29, 1.82) is 0 Å². The number of aromatic nitrogens is 1. The molecule has 0 amide bonds. The first-order chi connectivity index (χ1) is 11.6. The number of hydrogen-bond acceptors (Lipinski definition) is 6. The molecular weight excluding hydrogens is 310 g/mol. The van der Waals surface area contributed by atoms with E-state index in [1.807, 2.05) is 0 Å². The summed E-state index contributed by atoms with van der Waals surface area (Å²) in [4.78, 5) is 27.7. The van der Waals surface area contributed by atoms with E-state index in [0.29, 0.717) is 17.1 Å². The van der Waals surface area contributed by atoms with Crippen LogP contribution in [-0.4, -0.2) is 30.0 Å². The maximum absolute atomic E-state index is 12.4. The zero-order chi connectivity index (χ0) is 17.1. The minimum Gasteiger partial charge on any atom is -0.479 e. The van der Waals surface area contributed by atoms with Crippen LogP contribution in [0.3, 0.4) is 0 Å². The summed E-state index contributed by atoms with van der Waals surface area (Å²) >= 11 is 0. The highest BCUT2D eigenvalue weighted by atomic mass is 16.6. The van der Waals surface area contributed by atoms with E-state index < -0.39 is 12.1 Å². The van der Waals surface area contributed by atoms with Crippen LogP contribution in [0.1, 0.15) is 22.8 Å². The number of pyridine rings is 1. The van der Waals surface area contributed by atoms with Gasteiger partial charge in [0.2, 0.25) is 5.78 Å². The number of carbonyl (C=O) groups is 2. The standard InChI is InChI=1S/C18H15NO5/c1-11(18(21)22-2)23-13-3-4-14-15(10-13)24-16(17(14)20)9-12-5-7-19-8-6-12/h3-11H,1-2H3/b16-9-. The number of esters is 1. The van der Waals surface area contributed by atoms with Gasteiger partial charge in [-0.1, -0.05) is 0 Å². The van der Waals surface area contributed by atoms with Crippen molar-refractivity contribution in [3.8, 4) is 11.5 Å². The summed E-state index contributed by atoms with van der Waals surface area (Å²) in [6.45, 7) is 1.58. The molecule has 6 heteroatoms. The SMILES string of the molecule is COC(=O)C(C)Oc1ccc2c(c1)O/C(=C\c1ccncc1)C2=O. The third-order valence-corrected chi connectivity index (χ3v) is 3.49. The highest BCUT2D eigenvalue weighted by Crippen LogP contribution is 2.35. The Kier molecular flexibility index (Phi) is 4.29. The highest BCUT2D eigenvalue weighted by molar-refractivity contribution is 6.14. The molecule has 1 aromatic carbocycles. The van der Waals surface area contributed by atoms with Gasteiger partial charge in [-0.25, -0.2) is 4.79 Å². The number of hydrogen-bond donors (Lipinski definition) is 0. The summed E-state index contributed by atoms with van der Waals surface area (Å²) in [6, 6.07) is 8.37. The van der Waals surface area contributed by atoms with Gasteiger partial charge in [0.25, 0.3) is 0 Å². The molecule has 2 aromatic rings. The van der Waals surface area contributed by atoms with Crippen molar-refractivity contribution in [2.45, 2.75) is 13.0 Å². The van der Waals surface area contributed by atoms with Crippen molar-refractivity contribution in [3.05, 3.63) is 59.6 Å². The molecule has 2 heterocycles. The van der Waals surface area contributed by atoms with E-state index in [4.69, 9.17) is 9.47 Å². The summed E-state index contributed by atoms with van der Waals surface area (Å²) in [5, 5.41) is 0. The summed E-state index contributed by atoms with van der Waals surface area (Å²) in [5.41, 5.74) is 1.27. The maximum Gasteiger partial charge on any atom is 0.346 e. The summed E-state index contributed by atoms with van der Waals surface area (Å²) < 4.78 is 15.7. The van der Waals surface area contributed by atoms with E-state index in [1.54, 1.807) is 55.7 Å². The molecule has 122 valence electrons. The number of allylic oxidation sites excluding steroid dienone is 1. The summed E-state index contributed by atoms with van der Waals surface area (Å²) in [7, 11) is 1.29. The minimum atomic E-state index is -0.753. The molecule has 0 N–H and O–H groups in total. The maximum atomic E-state index is 12.4. The van der Waals surface area contributed by atoms with Crippen LogP contribution in [0.4, 0.5) is 0 Å². The number of Topliss-reactive ketones (excluding diaryl/α,β-unsaturated/α-hetero) is 1. The lowest BCUT2D eigenvalue weighted by molar-refractivity contribution is -0.147. The molecule has 1 atom stereocenters. The predicted molar refractivity (Wildman–Crippen MR) is 85.7 cm³/mol. The van der Waals surface area contributed by atoms with E-state index in [1.165, 1.54) is 7.11 Å². The summed E-state index contributed by atoms with van der Waals surface area (Å²) in [5.74, 6) is 0.369. The second-order valence-corrected chi connectivity index (χ2v) is 5.16. The Hall–Kier alpha value is -3.15. The number of benzene rings is 1. The van der Waals surface area contributed by atoms with Crippen molar-refractivity contribution in [2.24, 2.45) is 0 Å². The van der Waals surface area contributed by atoms with Crippen molar-refractivity contribution >= 4 is 17.8 Å². The predicted octanol–water partition coefficient (Wildman–Crippen LogP) is 2.64. The lowest BCUT2D eigenvalue weighted by Gasteiger charge is -2.12. The largest absolute Gasteiger partial charge is 0.479 e.